The Balaban J connectivity index is 1.39. The molecule has 1 aromatic heterocycles. The van der Waals surface area contributed by atoms with Crippen LogP contribution in [0.3, 0.4) is 0 Å². The highest BCUT2D eigenvalue weighted by atomic mass is 79.9. The number of hydrogen-bond donors (Lipinski definition) is 1. The van der Waals surface area contributed by atoms with Gasteiger partial charge in [0.15, 0.2) is 0 Å². The van der Waals surface area contributed by atoms with E-state index in [1.807, 2.05) is 18.2 Å². The van der Waals surface area contributed by atoms with Crippen molar-refractivity contribution in [2.24, 2.45) is 0 Å². The van der Waals surface area contributed by atoms with Gasteiger partial charge in [-0.1, -0.05) is 46.9 Å². The molecule has 0 spiro atoms. The maximum absolute atomic E-state index is 12.5. The molecule has 0 fully saturated rings. The Labute approximate surface area is 237 Å². The normalized spacial score (nSPS) is 11.1. The molecule has 4 rings (SSSR count). The highest BCUT2D eigenvalue weighted by molar-refractivity contribution is 9.10. The van der Waals surface area contributed by atoms with Crippen molar-refractivity contribution >= 4 is 68.4 Å². The summed E-state index contributed by atoms with van der Waals surface area (Å²) in [5.74, 6) is 1.04. The van der Waals surface area contributed by atoms with Crippen LogP contribution in [-0.4, -0.2) is 22.8 Å². The monoisotopic (exact) mass is 619 g/mol. The Morgan fingerprint density at radius 1 is 1.08 bits per heavy atom. The summed E-state index contributed by atoms with van der Waals surface area (Å²) in [5, 5.41) is 8.80. The second-order valence-electron chi connectivity index (χ2n) is 7.88. The molecule has 0 bridgehead atoms. The minimum Gasteiger partial charge on any atom is -0.496 e. The highest BCUT2D eigenvalue weighted by Crippen LogP contribution is 2.30. The van der Waals surface area contributed by atoms with Gasteiger partial charge in [0, 0.05) is 38.5 Å². The molecule has 0 aliphatic carbocycles. The fourth-order valence-electron chi connectivity index (χ4n) is 3.48. The van der Waals surface area contributed by atoms with Gasteiger partial charge in [0.05, 0.1) is 30.0 Å². The van der Waals surface area contributed by atoms with E-state index in [9.17, 15) is 4.79 Å². The standard InChI is InChI=1S/C27H21BrCl3N3O3/c1-36-25-8-5-17(11-18(25)16-37-26-9-7-19(29)12-22(26)28)6-10-27(35)33-20-13-32-34(14-20)15-21-23(30)3-2-4-24(21)31/h2-14H,15-16H2,1H3,(H,33,35)/b10-6+. The van der Waals surface area contributed by atoms with Crippen LogP contribution in [0.1, 0.15) is 16.7 Å². The summed E-state index contributed by atoms with van der Waals surface area (Å²) in [5.41, 5.74) is 2.95. The van der Waals surface area contributed by atoms with Crippen molar-refractivity contribution in [3.8, 4) is 11.5 Å². The zero-order valence-electron chi connectivity index (χ0n) is 19.6. The van der Waals surface area contributed by atoms with Crippen molar-refractivity contribution in [3.05, 3.63) is 109 Å². The molecule has 3 aromatic carbocycles. The van der Waals surface area contributed by atoms with Gasteiger partial charge in [0.25, 0.3) is 0 Å². The topological polar surface area (TPSA) is 65.4 Å². The lowest BCUT2D eigenvalue weighted by molar-refractivity contribution is -0.111. The van der Waals surface area contributed by atoms with Gasteiger partial charge in [-0.3, -0.25) is 9.48 Å². The van der Waals surface area contributed by atoms with E-state index in [1.165, 1.54) is 6.08 Å². The Bertz CT molecular complexity index is 1440. The van der Waals surface area contributed by atoms with Crippen molar-refractivity contribution in [1.82, 2.24) is 9.78 Å². The molecule has 190 valence electrons. The van der Waals surface area contributed by atoms with Gasteiger partial charge in [-0.2, -0.15) is 5.10 Å². The number of nitrogens with one attached hydrogen (secondary N) is 1. The lowest BCUT2D eigenvalue weighted by Gasteiger charge is -2.12. The molecule has 0 unspecified atom stereocenters. The maximum Gasteiger partial charge on any atom is 0.248 e. The molecule has 0 aliphatic rings. The number of ether oxygens (including phenoxy) is 2. The van der Waals surface area contributed by atoms with Crippen molar-refractivity contribution in [2.75, 3.05) is 12.4 Å². The number of halogens is 4. The van der Waals surface area contributed by atoms with E-state index in [-0.39, 0.29) is 12.5 Å². The quantitative estimate of drug-likeness (QED) is 0.193. The van der Waals surface area contributed by atoms with Crippen molar-refractivity contribution in [3.63, 3.8) is 0 Å². The first-order chi connectivity index (χ1) is 17.8. The predicted molar refractivity (Wildman–Crippen MR) is 152 cm³/mol. The lowest BCUT2D eigenvalue weighted by atomic mass is 10.1. The van der Waals surface area contributed by atoms with Gasteiger partial charge in [-0.15, -0.1) is 0 Å². The second kappa shape index (κ2) is 12.5. The molecule has 0 atom stereocenters. The Kier molecular flexibility index (Phi) is 9.16. The van der Waals surface area contributed by atoms with E-state index in [2.05, 4.69) is 26.3 Å². The van der Waals surface area contributed by atoms with Gasteiger partial charge in [-0.25, -0.2) is 0 Å². The molecule has 1 N–H and O–H groups in total. The molecular weight excluding hydrogens is 601 g/mol. The first kappa shape index (κ1) is 27.1. The molecule has 1 amide bonds. The molecule has 0 saturated carbocycles. The maximum atomic E-state index is 12.5. The highest BCUT2D eigenvalue weighted by Gasteiger charge is 2.10. The first-order valence-electron chi connectivity index (χ1n) is 11.0. The number of hydrogen-bond acceptors (Lipinski definition) is 4. The number of benzene rings is 3. The molecule has 37 heavy (non-hydrogen) atoms. The number of methoxy groups -OCH3 is 1. The summed E-state index contributed by atoms with van der Waals surface area (Å²) in [4.78, 5) is 12.5. The van der Waals surface area contributed by atoms with Crippen LogP contribution < -0.4 is 14.8 Å². The van der Waals surface area contributed by atoms with E-state index in [4.69, 9.17) is 44.3 Å². The average Bonchev–Trinajstić information content (AvgIpc) is 3.31. The minimum absolute atomic E-state index is 0.270. The molecule has 1 heterocycles. The molecule has 4 aromatic rings. The number of nitrogens with zero attached hydrogens (tertiary/aromatic N) is 2. The predicted octanol–water partition coefficient (Wildman–Crippen LogP) is 7.89. The molecule has 0 aliphatic heterocycles. The first-order valence-corrected chi connectivity index (χ1v) is 12.9. The summed E-state index contributed by atoms with van der Waals surface area (Å²) in [6.07, 6.45) is 6.44. The van der Waals surface area contributed by atoms with E-state index in [1.54, 1.807) is 66.7 Å². The second-order valence-corrected chi connectivity index (χ2v) is 9.99. The molecular formula is C27H21BrCl3N3O3. The summed E-state index contributed by atoms with van der Waals surface area (Å²) >= 11 is 21.9. The SMILES string of the molecule is COc1ccc(/C=C/C(=O)Nc2cnn(Cc3c(Cl)cccc3Cl)c2)cc1COc1ccc(Cl)cc1Br. The zero-order valence-corrected chi connectivity index (χ0v) is 23.4. The van der Waals surface area contributed by atoms with E-state index < -0.39 is 0 Å². The summed E-state index contributed by atoms with van der Waals surface area (Å²) in [6.45, 7) is 0.652. The van der Waals surface area contributed by atoms with Gasteiger partial charge < -0.3 is 14.8 Å². The smallest absolute Gasteiger partial charge is 0.248 e. The van der Waals surface area contributed by atoms with Crippen LogP contribution in [0.4, 0.5) is 5.69 Å². The van der Waals surface area contributed by atoms with E-state index in [0.717, 1.165) is 21.2 Å². The lowest BCUT2D eigenvalue weighted by Crippen LogP contribution is -2.07. The largest absolute Gasteiger partial charge is 0.496 e. The van der Waals surface area contributed by atoms with Gasteiger partial charge >= 0.3 is 0 Å². The summed E-state index contributed by atoms with van der Waals surface area (Å²) in [7, 11) is 1.60. The number of amides is 1. The Morgan fingerprint density at radius 3 is 2.57 bits per heavy atom. The van der Waals surface area contributed by atoms with Gasteiger partial charge in [-0.05, 0) is 70.0 Å². The number of anilines is 1. The molecule has 6 nitrogen and oxygen atoms in total. The number of aromatic nitrogens is 2. The third-order valence-electron chi connectivity index (χ3n) is 5.29. The Hall–Kier alpha value is -2.97. The van der Waals surface area contributed by atoms with Crippen LogP contribution in [0.25, 0.3) is 6.08 Å². The van der Waals surface area contributed by atoms with Crippen LogP contribution in [-0.2, 0) is 17.9 Å². The Morgan fingerprint density at radius 2 is 1.84 bits per heavy atom. The van der Waals surface area contributed by atoms with Crippen molar-refractivity contribution < 1.29 is 14.3 Å². The fraction of sp³-hybridized carbons (Fsp3) is 0.111. The van der Waals surface area contributed by atoms with Crippen molar-refractivity contribution in [1.29, 1.82) is 0 Å². The number of carbonyl (C=O) groups is 1. The van der Waals surface area contributed by atoms with Crippen LogP contribution in [0, 0.1) is 0 Å². The zero-order chi connectivity index (χ0) is 26.4. The van der Waals surface area contributed by atoms with Crippen LogP contribution >= 0.6 is 50.7 Å². The average molecular weight is 622 g/mol. The van der Waals surface area contributed by atoms with Crippen LogP contribution in [0.15, 0.2) is 77.5 Å². The summed E-state index contributed by atoms with van der Waals surface area (Å²) in [6, 6.07) is 16.2. The number of carbonyl (C=O) groups excluding carboxylic acids is 1. The molecule has 0 radical (unpaired) electrons. The van der Waals surface area contributed by atoms with Crippen LogP contribution in [0.5, 0.6) is 11.5 Å². The molecule has 0 saturated heterocycles. The fourth-order valence-corrected chi connectivity index (χ4v) is 4.79. The van der Waals surface area contributed by atoms with Gasteiger partial charge in [0.1, 0.15) is 18.1 Å². The van der Waals surface area contributed by atoms with Crippen molar-refractivity contribution in [2.45, 2.75) is 13.2 Å². The van der Waals surface area contributed by atoms with Crippen LogP contribution in [0.2, 0.25) is 15.1 Å². The van der Waals surface area contributed by atoms with E-state index in [0.29, 0.717) is 38.8 Å². The third kappa shape index (κ3) is 7.29. The summed E-state index contributed by atoms with van der Waals surface area (Å²) < 4.78 is 13.8. The van der Waals surface area contributed by atoms with E-state index >= 15 is 0 Å². The number of rotatable bonds is 9. The molecule has 10 heteroatoms. The van der Waals surface area contributed by atoms with Gasteiger partial charge in [0.2, 0.25) is 5.91 Å². The minimum atomic E-state index is -0.297. The third-order valence-corrected chi connectivity index (χ3v) is 6.85.